The van der Waals surface area contributed by atoms with E-state index in [0.717, 1.165) is 16.6 Å². The maximum atomic E-state index is 4.23. The minimum Gasteiger partial charge on any atom is -0.334 e. The molecule has 0 fully saturated rings. The van der Waals surface area contributed by atoms with Gasteiger partial charge < -0.3 is 4.57 Å². The molecule has 70 valence electrons. The van der Waals surface area contributed by atoms with Crippen LogP contribution in [0.4, 0.5) is 0 Å². The van der Waals surface area contributed by atoms with Gasteiger partial charge >= 0.3 is 0 Å². The third-order valence-corrected chi connectivity index (χ3v) is 2.25. The van der Waals surface area contributed by atoms with E-state index >= 15 is 0 Å². The van der Waals surface area contributed by atoms with Gasteiger partial charge in [-0.25, -0.2) is 4.98 Å². The standard InChI is InChI=1S/C11H11N3/c1-8(12-2)9-4-5-10-11(6-9)14(3)7-13-10/h4-7H,1-2H2,3H3. The molecule has 0 spiro atoms. The Kier molecular flexibility index (Phi) is 1.93. The van der Waals surface area contributed by atoms with E-state index in [1.807, 2.05) is 29.8 Å². The molecule has 3 heteroatoms. The molecule has 0 saturated heterocycles. The van der Waals surface area contributed by atoms with Gasteiger partial charge in [-0.15, -0.1) is 0 Å². The smallest absolute Gasteiger partial charge is 0.0955 e. The first-order valence-electron chi connectivity index (χ1n) is 4.29. The SMILES string of the molecule is C=NC(=C)c1ccc2ncn(C)c2c1. The number of fused-ring (bicyclic) bond motifs is 1. The van der Waals surface area contributed by atoms with Crippen molar-refractivity contribution in [1.82, 2.24) is 9.55 Å². The van der Waals surface area contributed by atoms with Crippen molar-refractivity contribution < 1.29 is 0 Å². The Labute approximate surface area is 82.4 Å². The minimum absolute atomic E-state index is 0.688. The number of imidazole rings is 1. The zero-order valence-corrected chi connectivity index (χ0v) is 8.07. The second kappa shape index (κ2) is 3.10. The first kappa shape index (κ1) is 8.69. The van der Waals surface area contributed by atoms with Crippen LogP contribution in [-0.4, -0.2) is 16.3 Å². The van der Waals surface area contributed by atoms with Crippen LogP contribution in [0.2, 0.25) is 0 Å². The second-order valence-corrected chi connectivity index (χ2v) is 3.16. The summed E-state index contributed by atoms with van der Waals surface area (Å²) in [6.45, 7) is 7.26. The maximum Gasteiger partial charge on any atom is 0.0955 e. The van der Waals surface area contributed by atoms with Gasteiger partial charge in [-0.05, 0) is 18.9 Å². The lowest BCUT2D eigenvalue weighted by Crippen LogP contribution is -1.85. The van der Waals surface area contributed by atoms with Crippen LogP contribution < -0.4 is 0 Å². The van der Waals surface area contributed by atoms with E-state index in [4.69, 9.17) is 0 Å². The monoisotopic (exact) mass is 185 g/mol. The van der Waals surface area contributed by atoms with Gasteiger partial charge in [-0.2, -0.15) is 0 Å². The van der Waals surface area contributed by atoms with Crippen LogP contribution in [0.5, 0.6) is 0 Å². The fourth-order valence-corrected chi connectivity index (χ4v) is 1.40. The third kappa shape index (κ3) is 1.23. The first-order valence-corrected chi connectivity index (χ1v) is 4.29. The van der Waals surface area contributed by atoms with Crippen LogP contribution >= 0.6 is 0 Å². The van der Waals surface area contributed by atoms with E-state index < -0.39 is 0 Å². The topological polar surface area (TPSA) is 30.2 Å². The molecule has 0 radical (unpaired) electrons. The summed E-state index contributed by atoms with van der Waals surface area (Å²) >= 11 is 0. The Hall–Kier alpha value is -1.90. The molecule has 0 amide bonds. The van der Waals surface area contributed by atoms with Gasteiger partial charge in [0, 0.05) is 12.6 Å². The summed E-state index contributed by atoms with van der Waals surface area (Å²) in [5, 5.41) is 0. The van der Waals surface area contributed by atoms with Crippen LogP contribution in [0, 0.1) is 0 Å². The van der Waals surface area contributed by atoms with Gasteiger partial charge in [0.25, 0.3) is 0 Å². The molecule has 14 heavy (non-hydrogen) atoms. The Morgan fingerprint density at radius 3 is 3.00 bits per heavy atom. The van der Waals surface area contributed by atoms with Gasteiger partial charge in [0.2, 0.25) is 0 Å². The normalized spacial score (nSPS) is 10.4. The lowest BCUT2D eigenvalue weighted by atomic mass is 10.1. The van der Waals surface area contributed by atoms with Crippen LogP contribution in [0.3, 0.4) is 0 Å². The molecular formula is C11H11N3. The van der Waals surface area contributed by atoms with Crippen molar-refractivity contribution >= 4 is 23.4 Å². The average Bonchev–Trinajstić information content (AvgIpc) is 2.59. The van der Waals surface area contributed by atoms with E-state index in [1.54, 1.807) is 6.33 Å². The van der Waals surface area contributed by atoms with Crippen molar-refractivity contribution in [1.29, 1.82) is 0 Å². The molecule has 1 aromatic carbocycles. The van der Waals surface area contributed by atoms with Gasteiger partial charge in [0.05, 0.1) is 23.1 Å². The van der Waals surface area contributed by atoms with Gasteiger partial charge in [-0.3, -0.25) is 4.99 Å². The largest absolute Gasteiger partial charge is 0.334 e. The predicted octanol–water partition coefficient (Wildman–Crippen LogP) is 2.24. The molecule has 0 saturated carbocycles. The van der Waals surface area contributed by atoms with Crippen LogP contribution in [-0.2, 0) is 7.05 Å². The van der Waals surface area contributed by atoms with Gasteiger partial charge in [0.1, 0.15) is 0 Å². The third-order valence-electron chi connectivity index (χ3n) is 2.25. The number of hydrogen-bond acceptors (Lipinski definition) is 2. The number of hydrogen-bond donors (Lipinski definition) is 0. The van der Waals surface area contributed by atoms with E-state index in [-0.39, 0.29) is 0 Å². The van der Waals surface area contributed by atoms with E-state index in [9.17, 15) is 0 Å². The number of aliphatic imine (C=N–C) groups is 1. The highest BCUT2D eigenvalue weighted by Gasteiger charge is 2.02. The highest BCUT2D eigenvalue weighted by atomic mass is 15.0. The zero-order chi connectivity index (χ0) is 10.1. The molecule has 0 N–H and O–H groups in total. The molecule has 0 atom stereocenters. The average molecular weight is 185 g/mol. The molecule has 0 aliphatic carbocycles. The quantitative estimate of drug-likeness (QED) is 0.660. The highest BCUT2D eigenvalue weighted by molar-refractivity contribution is 5.80. The van der Waals surface area contributed by atoms with E-state index in [1.165, 1.54) is 0 Å². The molecular weight excluding hydrogens is 174 g/mol. The highest BCUT2D eigenvalue weighted by Crippen LogP contribution is 2.19. The summed E-state index contributed by atoms with van der Waals surface area (Å²) in [6.07, 6.45) is 1.79. The summed E-state index contributed by atoms with van der Waals surface area (Å²) in [5.74, 6) is 0. The van der Waals surface area contributed by atoms with Gasteiger partial charge in [0.15, 0.2) is 0 Å². The summed E-state index contributed by atoms with van der Waals surface area (Å²) in [5.41, 5.74) is 3.73. The van der Waals surface area contributed by atoms with Gasteiger partial charge in [-0.1, -0.05) is 12.6 Å². The van der Waals surface area contributed by atoms with Crippen molar-refractivity contribution in [2.45, 2.75) is 0 Å². The Morgan fingerprint density at radius 2 is 2.29 bits per heavy atom. The fraction of sp³-hybridized carbons (Fsp3) is 0.0909. The van der Waals surface area contributed by atoms with Crippen LogP contribution in [0.1, 0.15) is 5.56 Å². The zero-order valence-electron chi connectivity index (χ0n) is 8.07. The number of nitrogens with zero attached hydrogens (tertiary/aromatic N) is 3. The van der Waals surface area contributed by atoms with E-state index in [0.29, 0.717) is 5.70 Å². The molecule has 3 nitrogen and oxygen atoms in total. The number of aromatic nitrogens is 2. The molecule has 0 bridgehead atoms. The minimum atomic E-state index is 0.688. The first-order chi connectivity index (χ1) is 6.72. The Morgan fingerprint density at radius 1 is 1.50 bits per heavy atom. The molecule has 1 aromatic heterocycles. The summed E-state index contributed by atoms with van der Waals surface area (Å²) in [4.78, 5) is 8.04. The molecule has 0 aliphatic rings. The Bertz CT molecular complexity index is 508. The lowest BCUT2D eigenvalue weighted by Gasteiger charge is -2.00. The van der Waals surface area contributed by atoms with Crippen molar-refractivity contribution in [2.75, 3.05) is 0 Å². The summed E-state index contributed by atoms with van der Waals surface area (Å²) in [6, 6.07) is 5.92. The molecule has 1 heterocycles. The van der Waals surface area contributed by atoms with Crippen molar-refractivity contribution in [2.24, 2.45) is 12.0 Å². The van der Waals surface area contributed by atoms with Crippen LogP contribution in [0.25, 0.3) is 16.7 Å². The maximum absolute atomic E-state index is 4.23. The number of aryl methyl sites for hydroxylation is 1. The van der Waals surface area contributed by atoms with E-state index in [2.05, 4.69) is 23.3 Å². The number of benzene rings is 1. The lowest BCUT2D eigenvalue weighted by molar-refractivity contribution is 0.947. The Balaban J connectivity index is 2.65. The van der Waals surface area contributed by atoms with Crippen molar-refractivity contribution in [3.05, 3.63) is 36.7 Å². The molecule has 0 unspecified atom stereocenters. The number of rotatable bonds is 2. The fourth-order valence-electron chi connectivity index (χ4n) is 1.40. The predicted molar refractivity (Wildman–Crippen MR) is 59.3 cm³/mol. The van der Waals surface area contributed by atoms with Crippen molar-refractivity contribution in [3.8, 4) is 0 Å². The van der Waals surface area contributed by atoms with Crippen LogP contribution in [0.15, 0.2) is 36.1 Å². The van der Waals surface area contributed by atoms with Crippen molar-refractivity contribution in [3.63, 3.8) is 0 Å². The summed E-state index contributed by atoms with van der Waals surface area (Å²) < 4.78 is 1.97. The second-order valence-electron chi connectivity index (χ2n) is 3.16. The summed E-state index contributed by atoms with van der Waals surface area (Å²) in [7, 11) is 1.96. The molecule has 0 aliphatic heterocycles. The molecule has 2 rings (SSSR count). The molecule has 2 aromatic rings.